The third-order valence-electron chi connectivity index (χ3n) is 2.52. The van der Waals surface area contributed by atoms with Crippen molar-refractivity contribution in [2.24, 2.45) is 0 Å². The standard InChI is InChI=1S/C12H19N3O2/c1-4-8-15-11(16)7-6-10(14-15)12(17)13-9(3)5-2/h6-7,9H,4-5,8H2,1-3H3,(H,13,17)/t9-/m0/s1. The first kappa shape index (κ1) is 13.4. The lowest BCUT2D eigenvalue weighted by molar-refractivity contribution is 0.0931. The molecule has 17 heavy (non-hydrogen) atoms. The van der Waals surface area contributed by atoms with Gasteiger partial charge in [-0.05, 0) is 25.8 Å². The van der Waals surface area contributed by atoms with Crippen molar-refractivity contribution < 1.29 is 4.79 Å². The predicted octanol–water partition coefficient (Wildman–Crippen LogP) is 1.18. The van der Waals surface area contributed by atoms with Crippen LogP contribution in [0.1, 0.15) is 44.1 Å². The number of aromatic nitrogens is 2. The van der Waals surface area contributed by atoms with E-state index in [9.17, 15) is 9.59 Å². The Hall–Kier alpha value is -1.65. The number of carbonyl (C=O) groups is 1. The molecule has 94 valence electrons. The van der Waals surface area contributed by atoms with E-state index in [2.05, 4.69) is 10.4 Å². The van der Waals surface area contributed by atoms with E-state index in [1.807, 2.05) is 20.8 Å². The molecule has 5 heteroatoms. The second-order valence-electron chi connectivity index (χ2n) is 4.06. The summed E-state index contributed by atoms with van der Waals surface area (Å²) in [5.74, 6) is -0.232. The van der Waals surface area contributed by atoms with E-state index in [0.717, 1.165) is 12.8 Å². The van der Waals surface area contributed by atoms with Gasteiger partial charge in [-0.15, -0.1) is 0 Å². The number of nitrogens with zero attached hydrogens (tertiary/aromatic N) is 2. The van der Waals surface area contributed by atoms with Gasteiger partial charge in [0.25, 0.3) is 11.5 Å². The van der Waals surface area contributed by atoms with Crippen molar-refractivity contribution in [2.45, 2.75) is 46.2 Å². The zero-order valence-electron chi connectivity index (χ0n) is 10.6. The van der Waals surface area contributed by atoms with Crippen LogP contribution < -0.4 is 10.9 Å². The monoisotopic (exact) mass is 237 g/mol. The van der Waals surface area contributed by atoms with Crippen molar-refractivity contribution in [3.05, 3.63) is 28.2 Å². The smallest absolute Gasteiger partial charge is 0.271 e. The number of hydrogen-bond donors (Lipinski definition) is 1. The van der Waals surface area contributed by atoms with Gasteiger partial charge in [0.1, 0.15) is 5.69 Å². The molecule has 0 saturated carbocycles. The fourth-order valence-electron chi connectivity index (χ4n) is 1.34. The van der Waals surface area contributed by atoms with E-state index in [1.54, 1.807) is 0 Å². The van der Waals surface area contributed by atoms with Crippen LogP contribution in [0, 0.1) is 0 Å². The lowest BCUT2D eigenvalue weighted by Crippen LogP contribution is -2.34. The van der Waals surface area contributed by atoms with E-state index >= 15 is 0 Å². The zero-order chi connectivity index (χ0) is 12.8. The van der Waals surface area contributed by atoms with E-state index in [-0.39, 0.29) is 17.5 Å². The summed E-state index contributed by atoms with van der Waals surface area (Å²) in [6, 6.07) is 2.95. The largest absolute Gasteiger partial charge is 0.348 e. The van der Waals surface area contributed by atoms with Crippen molar-refractivity contribution in [1.82, 2.24) is 15.1 Å². The van der Waals surface area contributed by atoms with Gasteiger partial charge >= 0.3 is 0 Å². The molecular weight excluding hydrogens is 218 g/mol. The molecule has 1 aromatic heterocycles. The molecule has 1 heterocycles. The maximum absolute atomic E-state index is 11.8. The summed E-state index contributed by atoms with van der Waals surface area (Å²) in [7, 11) is 0. The molecule has 1 atom stereocenters. The third kappa shape index (κ3) is 3.69. The Kier molecular flexibility index (Phi) is 4.87. The first-order chi connectivity index (χ1) is 8.08. The van der Waals surface area contributed by atoms with Crippen LogP contribution in [0.3, 0.4) is 0 Å². The Morgan fingerprint density at radius 3 is 2.76 bits per heavy atom. The Balaban J connectivity index is 2.87. The van der Waals surface area contributed by atoms with Gasteiger partial charge in [0.2, 0.25) is 0 Å². The van der Waals surface area contributed by atoms with E-state index in [4.69, 9.17) is 0 Å². The van der Waals surface area contributed by atoms with Gasteiger partial charge in [-0.2, -0.15) is 5.10 Å². The minimum atomic E-state index is -0.232. The highest BCUT2D eigenvalue weighted by atomic mass is 16.2. The summed E-state index contributed by atoms with van der Waals surface area (Å²) in [6.45, 7) is 6.42. The quantitative estimate of drug-likeness (QED) is 0.836. The first-order valence-electron chi connectivity index (χ1n) is 5.97. The van der Waals surface area contributed by atoms with Gasteiger partial charge in [-0.1, -0.05) is 13.8 Å². The van der Waals surface area contributed by atoms with Gasteiger partial charge < -0.3 is 5.32 Å². The molecule has 0 spiro atoms. The summed E-state index contributed by atoms with van der Waals surface area (Å²) >= 11 is 0. The fourth-order valence-corrected chi connectivity index (χ4v) is 1.34. The molecule has 1 aromatic rings. The lowest BCUT2D eigenvalue weighted by atomic mass is 10.2. The van der Waals surface area contributed by atoms with Crippen LogP contribution in [-0.2, 0) is 6.54 Å². The van der Waals surface area contributed by atoms with Gasteiger partial charge in [0.05, 0.1) is 0 Å². The molecule has 1 rings (SSSR count). The molecule has 0 aliphatic rings. The predicted molar refractivity (Wildman–Crippen MR) is 66.0 cm³/mol. The van der Waals surface area contributed by atoms with Crippen LogP contribution in [0.2, 0.25) is 0 Å². The van der Waals surface area contributed by atoms with Crippen LogP contribution in [0.25, 0.3) is 0 Å². The fraction of sp³-hybridized carbons (Fsp3) is 0.583. The van der Waals surface area contributed by atoms with Crippen molar-refractivity contribution in [2.75, 3.05) is 0 Å². The van der Waals surface area contributed by atoms with Crippen molar-refractivity contribution in [3.63, 3.8) is 0 Å². The molecule has 0 fully saturated rings. The van der Waals surface area contributed by atoms with E-state index in [1.165, 1.54) is 16.8 Å². The zero-order valence-corrected chi connectivity index (χ0v) is 10.6. The Morgan fingerprint density at radius 1 is 1.47 bits per heavy atom. The minimum Gasteiger partial charge on any atom is -0.348 e. The van der Waals surface area contributed by atoms with Crippen molar-refractivity contribution in [1.29, 1.82) is 0 Å². The maximum Gasteiger partial charge on any atom is 0.271 e. The van der Waals surface area contributed by atoms with Gasteiger partial charge in [-0.3, -0.25) is 9.59 Å². The average molecular weight is 237 g/mol. The van der Waals surface area contributed by atoms with Crippen molar-refractivity contribution in [3.8, 4) is 0 Å². The number of amides is 1. The highest BCUT2D eigenvalue weighted by Crippen LogP contribution is 1.95. The Bertz CT molecular complexity index is 440. The summed E-state index contributed by atoms with van der Waals surface area (Å²) in [6.07, 6.45) is 1.67. The minimum absolute atomic E-state index is 0.107. The van der Waals surface area contributed by atoms with Gasteiger partial charge in [0, 0.05) is 18.7 Å². The Morgan fingerprint density at radius 2 is 2.18 bits per heavy atom. The number of carbonyl (C=O) groups excluding carboxylic acids is 1. The van der Waals surface area contributed by atoms with Gasteiger partial charge in [0.15, 0.2) is 0 Å². The number of rotatable bonds is 5. The number of hydrogen-bond acceptors (Lipinski definition) is 3. The SMILES string of the molecule is CCCn1nc(C(=O)N[C@@H](C)CC)ccc1=O. The highest BCUT2D eigenvalue weighted by molar-refractivity contribution is 5.92. The highest BCUT2D eigenvalue weighted by Gasteiger charge is 2.11. The third-order valence-corrected chi connectivity index (χ3v) is 2.52. The molecule has 0 unspecified atom stereocenters. The normalized spacial score (nSPS) is 12.2. The summed E-state index contributed by atoms with van der Waals surface area (Å²) in [4.78, 5) is 23.2. The molecule has 0 saturated heterocycles. The average Bonchev–Trinajstić information content (AvgIpc) is 2.32. The van der Waals surface area contributed by atoms with Gasteiger partial charge in [-0.25, -0.2) is 4.68 Å². The second kappa shape index (κ2) is 6.18. The van der Waals surface area contributed by atoms with Crippen LogP contribution in [-0.4, -0.2) is 21.7 Å². The Labute approximate surface area is 101 Å². The number of nitrogens with one attached hydrogen (secondary N) is 1. The molecule has 5 nitrogen and oxygen atoms in total. The summed E-state index contributed by atoms with van der Waals surface area (Å²) < 4.78 is 1.32. The molecule has 0 aliphatic carbocycles. The van der Waals surface area contributed by atoms with Crippen LogP contribution in [0.4, 0.5) is 0 Å². The molecule has 0 aliphatic heterocycles. The second-order valence-corrected chi connectivity index (χ2v) is 4.06. The van der Waals surface area contributed by atoms with Crippen LogP contribution >= 0.6 is 0 Å². The van der Waals surface area contributed by atoms with E-state index in [0.29, 0.717) is 12.2 Å². The first-order valence-corrected chi connectivity index (χ1v) is 5.97. The van der Waals surface area contributed by atoms with E-state index < -0.39 is 0 Å². The molecule has 1 N–H and O–H groups in total. The molecule has 0 radical (unpaired) electrons. The molecule has 0 aromatic carbocycles. The summed E-state index contributed by atoms with van der Waals surface area (Å²) in [5, 5.41) is 6.86. The number of aryl methyl sites for hydroxylation is 1. The van der Waals surface area contributed by atoms with Crippen LogP contribution in [0.5, 0.6) is 0 Å². The van der Waals surface area contributed by atoms with Crippen LogP contribution in [0.15, 0.2) is 16.9 Å². The summed E-state index contributed by atoms with van der Waals surface area (Å²) in [5.41, 5.74) is 0.116. The van der Waals surface area contributed by atoms with Crippen molar-refractivity contribution >= 4 is 5.91 Å². The molecule has 0 bridgehead atoms. The molecule has 1 amide bonds. The maximum atomic E-state index is 11.8. The molecular formula is C12H19N3O2. The lowest BCUT2D eigenvalue weighted by Gasteiger charge is -2.11. The topological polar surface area (TPSA) is 64.0 Å².